The summed E-state index contributed by atoms with van der Waals surface area (Å²) in [5.41, 5.74) is 2.16. The molecule has 1 amide bonds. The van der Waals surface area contributed by atoms with Gasteiger partial charge in [-0.3, -0.25) is 9.78 Å². The van der Waals surface area contributed by atoms with Gasteiger partial charge in [-0.25, -0.2) is 13.1 Å². The summed E-state index contributed by atoms with van der Waals surface area (Å²) >= 11 is 0. The Morgan fingerprint density at radius 3 is 2.65 bits per heavy atom. The monoisotopic (exact) mass is 523 g/mol. The molecule has 8 nitrogen and oxygen atoms in total. The molecular weight excluding hydrogens is 490 g/mol. The number of hydrogen-bond donors (Lipinski definition) is 2. The van der Waals surface area contributed by atoms with E-state index in [9.17, 15) is 13.2 Å². The molecular formula is C28H33N3O5S. The van der Waals surface area contributed by atoms with Gasteiger partial charge in [0.25, 0.3) is 0 Å². The highest BCUT2D eigenvalue weighted by atomic mass is 32.2. The first-order valence-electron chi connectivity index (χ1n) is 12.3. The van der Waals surface area contributed by atoms with Crippen molar-refractivity contribution in [3.8, 4) is 11.5 Å². The van der Waals surface area contributed by atoms with Gasteiger partial charge in [0, 0.05) is 36.3 Å². The fourth-order valence-corrected chi connectivity index (χ4v) is 5.69. The topological polar surface area (TPSA) is 107 Å². The zero-order valence-electron chi connectivity index (χ0n) is 21.1. The van der Waals surface area contributed by atoms with Crippen LogP contribution in [0.4, 0.5) is 0 Å². The van der Waals surface area contributed by atoms with Gasteiger partial charge in [-0.1, -0.05) is 36.4 Å². The van der Waals surface area contributed by atoms with Crippen molar-refractivity contribution >= 4 is 15.9 Å². The Balaban J connectivity index is 1.36. The first kappa shape index (κ1) is 26.6. The van der Waals surface area contributed by atoms with E-state index in [4.69, 9.17) is 9.47 Å². The summed E-state index contributed by atoms with van der Waals surface area (Å²) in [5.74, 6) is 0.438. The number of aromatic nitrogens is 1. The zero-order valence-corrected chi connectivity index (χ0v) is 22.0. The number of carbonyl (C=O) groups excluding carboxylic acids is 1. The van der Waals surface area contributed by atoms with E-state index in [1.54, 1.807) is 6.20 Å². The van der Waals surface area contributed by atoms with Crippen LogP contribution in [0.1, 0.15) is 43.0 Å². The fourth-order valence-electron chi connectivity index (χ4n) is 4.40. The van der Waals surface area contributed by atoms with Crippen LogP contribution in [0, 0.1) is 0 Å². The lowest BCUT2D eigenvalue weighted by atomic mass is 9.85. The minimum atomic E-state index is -3.73. The molecule has 1 unspecified atom stereocenters. The van der Waals surface area contributed by atoms with Crippen LogP contribution >= 0.6 is 0 Å². The number of pyridine rings is 1. The van der Waals surface area contributed by atoms with Crippen LogP contribution in [0.2, 0.25) is 0 Å². The van der Waals surface area contributed by atoms with Crippen molar-refractivity contribution < 1.29 is 22.7 Å². The molecule has 0 radical (unpaired) electrons. The van der Waals surface area contributed by atoms with Crippen LogP contribution in [-0.2, 0) is 27.8 Å². The highest BCUT2D eigenvalue weighted by Gasteiger charge is 2.36. The number of nitrogens with zero attached hydrogens (tertiary/aromatic N) is 1. The van der Waals surface area contributed by atoms with E-state index >= 15 is 0 Å². The maximum absolute atomic E-state index is 12.9. The maximum Gasteiger partial charge on any atom is 0.235 e. The second-order valence-corrected chi connectivity index (χ2v) is 11.6. The van der Waals surface area contributed by atoms with Gasteiger partial charge in [0.15, 0.2) is 0 Å². The molecule has 0 saturated carbocycles. The van der Waals surface area contributed by atoms with E-state index < -0.39 is 15.6 Å². The smallest absolute Gasteiger partial charge is 0.235 e. The lowest BCUT2D eigenvalue weighted by Crippen LogP contribution is -2.41. The Morgan fingerprint density at radius 2 is 1.89 bits per heavy atom. The van der Waals surface area contributed by atoms with Crippen LogP contribution in [0.5, 0.6) is 11.5 Å². The SMILES string of the molecule is CC1(C)CC(CS(=O)(=O)NCC(=O)NCCc2ccccn2)c2cc(OCc3ccccc3)ccc2O1. The Morgan fingerprint density at radius 1 is 1.11 bits per heavy atom. The van der Waals surface area contributed by atoms with E-state index in [0.29, 0.717) is 37.5 Å². The summed E-state index contributed by atoms with van der Waals surface area (Å²) in [6, 6.07) is 20.9. The maximum atomic E-state index is 12.9. The van der Waals surface area contributed by atoms with Crippen LogP contribution in [-0.4, -0.2) is 43.8 Å². The number of benzene rings is 2. The van der Waals surface area contributed by atoms with Gasteiger partial charge in [-0.15, -0.1) is 0 Å². The lowest BCUT2D eigenvalue weighted by molar-refractivity contribution is -0.119. The highest BCUT2D eigenvalue weighted by molar-refractivity contribution is 7.89. The van der Waals surface area contributed by atoms with Gasteiger partial charge in [-0.2, -0.15) is 0 Å². The number of rotatable bonds is 11. The largest absolute Gasteiger partial charge is 0.489 e. The average molecular weight is 524 g/mol. The second-order valence-electron chi connectivity index (χ2n) is 9.76. The van der Waals surface area contributed by atoms with Crippen LogP contribution in [0.3, 0.4) is 0 Å². The van der Waals surface area contributed by atoms with Gasteiger partial charge in [0.1, 0.15) is 23.7 Å². The molecule has 0 saturated heterocycles. The molecule has 196 valence electrons. The van der Waals surface area contributed by atoms with Crippen LogP contribution in [0.25, 0.3) is 0 Å². The molecule has 2 aromatic carbocycles. The molecule has 2 heterocycles. The lowest BCUT2D eigenvalue weighted by Gasteiger charge is -2.37. The fraction of sp³-hybridized carbons (Fsp3) is 0.357. The van der Waals surface area contributed by atoms with Crippen molar-refractivity contribution in [1.82, 2.24) is 15.0 Å². The molecule has 37 heavy (non-hydrogen) atoms. The minimum Gasteiger partial charge on any atom is -0.489 e. The Bertz CT molecular complexity index is 1300. The first-order valence-corrected chi connectivity index (χ1v) is 14.0. The van der Waals surface area contributed by atoms with Crippen LogP contribution < -0.4 is 19.5 Å². The molecule has 0 bridgehead atoms. The van der Waals surface area contributed by atoms with Crippen molar-refractivity contribution in [3.05, 3.63) is 89.7 Å². The van der Waals surface area contributed by atoms with Crippen molar-refractivity contribution in [2.75, 3.05) is 18.8 Å². The molecule has 0 spiro atoms. The Kier molecular flexibility index (Phi) is 8.45. The highest BCUT2D eigenvalue weighted by Crippen LogP contribution is 2.43. The number of carbonyl (C=O) groups is 1. The molecule has 1 aliphatic heterocycles. The van der Waals surface area contributed by atoms with E-state index in [-0.39, 0.29) is 24.1 Å². The predicted octanol–water partition coefficient (Wildman–Crippen LogP) is 3.58. The third kappa shape index (κ3) is 8.03. The third-order valence-corrected chi connectivity index (χ3v) is 7.52. The van der Waals surface area contributed by atoms with E-state index in [0.717, 1.165) is 16.8 Å². The standard InChI is InChI=1S/C28H33N3O5S/c1-28(2)17-22(20-37(33,34)31-18-27(32)30-15-13-23-10-6-7-14-29-23)25-16-24(11-12-26(25)36-28)35-19-21-8-4-3-5-9-21/h3-12,14,16,22,31H,13,15,17-20H2,1-2H3,(H,30,32). The van der Waals surface area contributed by atoms with Crippen molar-refractivity contribution in [2.24, 2.45) is 0 Å². The number of fused-ring (bicyclic) bond motifs is 1. The summed E-state index contributed by atoms with van der Waals surface area (Å²) in [6.45, 7) is 4.36. The molecule has 3 aromatic rings. The number of ether oxygens (including phenoxy) is 2. The minimum absolute atomic E-state index is 0.157. The number of amides is 1. The van der Waals surface area contributed by atoms with Gasteiger partial charge in [0.2, 0.25) is 15.9 Å². The molecule has 4 rings (SSSR count). The number of hydrogen-bond acceptors (Lipinski definition) is 6. The van der Waals surface area contributed by atoms with E-state index in [2.05, 4.69) is 15.0 Å². The molecule has 1 atom stereocenters. The Labute approximate surface area is 218 Å². The number of nitrogens with one attached hydrogen (secondary N) is 2. The normalized spacial score (nSPS) is 16.3. The summed E-state index contributed by atoms with van der Waals surface area (Å²) in [7, 11) is -3.73. The third-order valence-electron chi connectivity index (χ3n) is 6.10. The molecule has 9 heteroatoms. The summed E-state index contributed by atoms with van der Waals surface area (Å²) in [4.78, 5) is 16.4. The molecule has 2 N–H and O–H groups in total. The summed E-state index contributed by atoms with van der Waals surface area (Å²) in [6.07, 6.45) is 2.78. The van der Waals surface area contributed by atoms with Crippen LogP contribution in [0.15, 0.2) is 72.9 Å². The number of sulfonamides is 1. The van der Waals surface area contributed by atoms with Crippen molar-refractivity contribution in [2.45, 2.75) is 44.8 Å². The zero-order chi connectivity index (χ0) is 26.3. The summed E-state index contributed by atoms with van der Waals surface area (Å²) in [5, 5.41) is 2.73. The quantitative estimate of drug-likeness (QED) is 0.398. The van der Waals surface area contributed by atoms with Gasteiger partial charge < -0.3 is 14.8 Å². The second kappa shape index (κ2) is 11.7. The van der Waals surface area contributed by atoms with Crippen molar-refractivity contribution in [3.63, 3.8) is 0 Å². The molecule has 0 aliphatic carbocycles. The van der Waals surface area contributed by atoms with Gasteiger partial charge in [-0.05, 0) is 56.2 Å². The van der Waals surface area contributed by atoms with Gasteiger partial charge in [0.05, 0.1) is 12.3 Å². The predicted molar refractivity (Wildman–Crippen MR) is 142 cm³/mol. The van der Waals surface area contributed by atoms with E-state index in [1.165, 1.54) is 0 Å². The van der Waals surface area contributed by atoms with Crippen molar-refractivity contribution in [1.29, 1.82) is 0 Å². The molecule has 1 aliphatic rings. The van der Waals surface area contributed by atoms with E-state index in [1.807, 2.05) is 80.6 Å². The molecule has 0 fully saturated rings. The van der Waals surface area contributed by atoms with Gasteiger partial charge >= 0.3 is 0 Å². The first-order chi connectivity index (χ1) is 17.7. The average Bonchev–Trinajstić information content (AvgIpc) is 2.87. The Hall–Kier alpha value is -3.43. The molecule has 1 aromatic heterocycles. The summed E-state index contributed by atoms with van der Waals surface area (Å²) < 4.78 is 40.4.